The van der Waals surface area contributed by atoms with Gasteiger partial charge in [-0.3, -0.25) is 14.2 Å². The van der Waals surface area contributed by atoms with Crippen molar-refractivity contribution in [2.75, 3.05) is 0 Å². The van der Waals surface area contributed by atoms with Crippen LogP contribution in [0.3, 0.4) is 0 Å². The molecule has 4 aromatic rings. The highest BCUT2D eigenvalue weighted by atomic mass is 35.5. The second-order valence-corrected chi connectivity index (χ2v) is 8.47. The van der Waals surface area contributed by atoms with Crippen molar-refractivity contribution >= 4 is 34.3 Å². The van der Waals surface area contributed by atoms with Gasteiger partial charge in [-0.05, 0) is 50.1 Å². The van der Waals surface area contributed by atoms with E-state index in [1.165, 1.54) is 0 Å². The smallest absolute Gasteiger partial charge is 0.253 e. The van der Waals surface area contributed by atoms with Crippen LogP contribution in [0.5, 0.6) is 0 Å². The van der Waals surface area contributed by atoms with Crippen molar-refractivity contribution in [1.82, 2.24) is 24.6 Å². The Balaban J connectivity index is 1.40. The van der Waals surface area contributed by atoms with Gasteiger partial charge in [-0.1, -0.05) is 23.2 Å². The third kappa shape index (κ3) is 3.42. The normalized spacial score (nSPS) is 15.5. The summed E-state index contributed by atoms with van der Waals surface area (Å²) < 4.78 is 3.81. The van der Waals surface area contributed by atoms with Crippen LogP contribution in [0.25, 0.3) is 16.6 Å². The Morgan fingerprint density at radius 3 is 2.66 bits per heavy atom. The molecule has 0 saturated heterocycles. The van der Waals surface area contributed by atoms with Crippen LogP contribution in [0.1, 0.15) is 38.4 Å². The Morgan fingerprint density at radius 1 is 1.16 bits per heavy atom. The fourth-order valence-electron chi connectivity index (χ4n) is 4.45. The SMILES string of the molecule is Cc1ccc2c(c1)c(C(N)=O)c1n2CC(NC(=O)c2ccc(-n3cnnc3)cc2Cl)CC1. The van der Waals surface area contributed by atoms with Crippen molar-refractivity contribution in [3.63, 3.8) is 0 Å². The molecule has 2 aromatic heterocycles. The van der Waals surface area contributed by atoms with Crippen LogP contribution in [0.4, 0.5) is 0 Å². The number of hydrogen-bond donors (Lipinski definition) is 2. The molecule has 3 N–H and O–H groups in total. The summed E-state index contributed by atoms with van der Waals surface area (Å²) in [6.45, 7) is 2.55. The molecule has 0 fully saturated rings. The maximum Gasteiger partial charge on any atom is 0.253 e. The van der Waals surface area contributed by atoms with E-state index >= 15 is 0 Å². The first kappa shape index (κ1) is 20.3. The molecule has 162 valence electrons. The molecule has 8 nitrogen and oxygen atoms in total. The van der Waals surface area contributed by atoms with Gasteiger partial charge in [0.1, 0.15) is 12.7 Å². The second kappa shape index (κ2) is 7.80. The third-order valence-corrected chi connectivity index (χ3v) is 6.27. The Morgan fingerprint density at radius 2 is 1.94 bits per heavy atom. The number of fused-ring (bicyclic) bond motifs is 3. The topological polar surface area (TPSA) is 108 Å². The predicted octanol–water partition coefficient (Wildman–Crippen LogP) is 3.03. The first-order chi connectivity index (χ1) is 15.4. The molecule has 5 rings (SSSR count). The van der Waals surface area contributed by atoms with E-state index in [9.17, 15) is 9.59 Å². The minimum atomic E-state index is -0.420. The molecule has 2 amide bonds. The summed E-state index contributed by atoms with van der Waals surface area (Å²) in [5, 5.41) is 11.9. The molecule has 1 atom stereocenters. The first-order valence-corrected chi connectivity index (χ1v) is 10.7. The lowest BCUT2D eigenvalue weighted by molar-refractivity contribution is 0.0925. The lowest BCUT2D eigenvalue weighted by Crippen LogP contribution is -2.41. The van der Waals surface area contributed by atoms with Crippen molar-refractivity contribution in [3.05, 3.63) is 76.5 Å². The van der Waals surface area contributed by atoms with E-state index in [2.05, 4.69) is 20.1 Å². The number of rotatable bonds is 4. The summed E-state index contributed by atoms with van der Waals surface area (Å²) in [5.74, 6) is -0.655. The zero-order chi connectivity index (χ0) is 22.4. The van der Waals surface area contributed by atoms with Crippen molar-refractivity contribution in [2.45, 2.75) is 32.4 Å². The standard InChI is InChI=1S/C23H21ClN6O2/c1-13-2-6-19-17(8-13)21(22(25)31)20-7-3-14(10-30(19)20)28-23(32)16-5-4-15(9-18(16)24)29-11-26-27-12-29/h2,4-6,8-9,11-12,14H,3,7,10H2,1H3,(H2,25,31)(H,28,32). The number of nitrogens with two attached hydrogens (primary N) is 1. The molecule has 9 heteroatoms. The van der Waals surface area contributed by atoms with Gasteiger partial charge in [-0.15, -0.1) is 10.2 Å². The van der Waals surface area contributed by atoms with Gasteiger partial charge < -0.3 is 15.6 Å². The lowest BCUT2D eigenvalue weighted by atomic mass is 10.0. The third-order valence-electron chi connectivity index (χ3n) is 5.95. The minimum absolute atomic E-state index is 0.0961. The van der Waals surface area contributed by atoms with Gasteiger partial charge in [0.15, 0.2) is 0 Å². The first-order valence-electron chi connectivity index (χ1n) is 10.3. The number of benzene rings is 2. The Bertz CT molecular complexity index is 1360. The largest absolute Gasteiger partial charge is 0.366 e. The molecule has 0 radical (unpaired) electrons. The maximum atomic E-state index is 13.0. The minimum Gasteiger partial charge on any atom is -0.366 e. The molecule has 0 spiro atoms. The van der Waals surface area contributed by atoms with Crippen LogP contribution in [0.15, 0.2) is 49.1 Å². The average molecular weight is 449 g/mol. The van der Waals surface area contributed by atoms with Crippen molar-refractivity contribution in [3.8, 4) is 5.69 Å². The quantitative estimate of drug-likeness (QED) is 0.500. The zero-order valence-corrected chi connectivity index (χ0v) is 18.1. The highest BCUT2D eigenvalue weighted by Gasteiger charge is 2.28. The molecule has 1 aliphatic heterocycles. The molecule has 1 aliphatic rings. The molecule has 2 aromatic carbocycles. The van der Waals surface area contributed by atoms with E-state index in [0.29, 0.717) is 35.5 Å². The Hall–Kier alpha value is -3.65. The number of aromatic nitrogens is 4. The van der Waals surface area contributed by atoms with Crippen LogP contribution in [0.2, 0.25) is 5.02 Å². The number of halogens is 1. The van der Waals surface area contributed by atoms with Gasteiger partial charge in [0.2, 0.25) is 0 Å². The maximum absolute atomic E-state index is 13.0. The van der Waals surface area contributed by atoms with E-state index in [1.807, 2.05) is 25.1 Å². The summed E-state index contributed by atoms with van der Waals surface area (Å²) in [6, 6.07) is 11.1. The monoisotopic (exact) mass is 448 g/mol. The molecule has 1 unspecified atom stereocenters. The van der Waals surface area contributed by atoms with E-state index < -0.39 is 5.91 Å². The summed E-state index contributed by atoms with van der Waals surface area (Å²) in [6.07, 6.45) is 4.48. The number of primary amides is 1. The number of aryl methyl sites for hydroxylation is 1. The molecule has 32 heavy (non-hydrogen) atoms. The van der Waals surface area contributed by atoms with Crippen molar-refractivity contribution in [2.24, 2.45) is 5.73 Å². The number of nitrogens with zero attached hydrogens (tertiary/aromatic N) is 4. The molecule has 0 aliphatic carbocycles. The molecular formula is C23H21ClN6O2. The van der Waals surface area contributed by atoms with Gasteiger partial charge in [0, 0.05) is 34.9 Å². The zero-order valence-electron chi connectivity index (χ0n) is 17.4. The number of carbonyl (C=O) groups excluding carboxylic acids is 2. The molecule has 0 saturated carbocycles. The summed E-state index contributed by atoms with van der Waals surface area (Å²) >= 11 is 6.40. The van der Waals surface area contributed by atoms with Crippen LogP contribution in [-0.2, 0) is 13.0 Å². The summed E-state index contributed by atoms with van der Waals surface area (Å²) in [4.78, 5) is 25.1. The highest BCUT2D eigenvalue weighted by molar-refractivity contribution is 6.34. The predicted molar refractivity (Wildman–Crippen MR) is 121 cm³/mol. The summed E-state index contributed by atoms with van der Waals surface area (Å²) in [7, 11) is 0. The van der Waals surface area contributed by atoms with E-state index in [1.54, 1.807) is 35.4 Å². The van der Waals surface area contributed by atoms with Crippen molar-refractivity contribution in [1.29, 1.82) is 0 Å². The van der Waals surface area contributed by atoms with E-state index in [0.717, 1.165) is 27.8 Å². The fraction of sp³-hybridized carbons (Fsp3) is 0.217. The lowest BCUT2D eigenvalue weighted by Gasteiger charge is -2.27. The van der Waals surface area contributed by atoms with Gasteiger partial charge in [0.05, 0.1) is 16.1 Å². The summed E-state index contributed by atoms with van der Waals surface area (Å²) in [5.41, 5.74) is 10.4. The van der Waals surface area contributed by atoms with Gasteiger partial charge in [-0.25, -0.2) is 0 Å². The van der Waals surface area contributed by atoms with E-state index in [-0.39, 0.29) is 11.9 Å². The second-order valence-electron chi connectivity index (χ2n) is 8.06. The van der Waals surface area contributed by atoms with Crippen LogP contribution in [-0.4, -0.2) is 37.2 Å². The molecule has 0 bridgehead atoms. The Labute approximate surface area is 189 Å². The van der Waals surface area contributed by atoms with E-state index in [4.69, 9.17) is 17.3 Å². The number of carbonyl (C=O) groups is 2. The van der Waals surface area contributed by atoms with Crippen LogP contribution < -0.4 is 11.1 Å². The van der Waals surface area contributed by atoms with Crippen LogP contribution >= 0.6 is 11.6 Å². The fourth-order valence-corrected chi connectivity index (χ4v) is 4.71. The molecular weight excluding hydrogens is 428 g/mol. The number of hydrogen-bond acceptors (Lipinski definition) is 4. The van der Waals surface area contributed by atoms with Crippen LogP contribution in [0, 0.1) is 6.92 Å². The van der Waals surface area contributed by atoms with Crippen molar-refractivity contribution < 1.29 is 9.59 Å². The Kier molecular flexibility index (Phi) is 4.94. The average Bonchev–Trinajstić information content (AvgIpc) is 3.39. The molecule has 3 heterocycles. The number of nitrogens with one attached hydrogen (secondary N) is 1. The highest BCUT2D eigenvalue weighted by Crippen LogP contribution is 2.31. The number of amides is 2. The van der Waals surface area contributed by atoms with Gasteiger partial charge in [0.25, 0.3) is 11.8 Å². The van der Waals surface area contributed by atoms with Gasteiger partial charge >= 0.3 is 0 Å². The van der Waals surface area contributed by atoms with Gasteiger partial charge in [-0.2, -0.15) is 0 Å².